The maximum absolute atomic E-state index is 13.5. The number of amides is 2. The van der Waals surface area contributed by atoms with Crippen LogP contribution in [0.15, 0.2) is 85.1 Å². The van der Waals surface area contributed by atoms with Crippen LogP contribution in [0.25, 0.3) is 16.9 Å². The van der Waals surface area contributed by atoms with E-state index in [0.29, 0.717) is 30.4 Å². The van der Waals surface area contributed by atoms with Gasteiger partial charge in [-0.1, -0.05) is 48.5 Å². The molecule has 3 aromatic carbocycles. The summed E-state index contributed by atoms with van der Waals surface area (Å²) >= 11 is 0. The van der Waals surface area contributed by atoms with Crippen molar-refractivity contribution in [3.63, 3.8) is 0 Å². The minimum atomic E-state index is -0.344. The number of ether oxygens (including phenoxy) is 2. The van der Waals surface area contributed by atoms with E-state index in [9.17, 15) is 9.59 Å². The first-order valence-corrected chi connectivity index (χ1v) is 13.1. The van der Waals surface area contributed by atoms with Crippen LogP contribution in [0, 0.1) is 6.92 Å². The molecule has 8 heteroatoms. The van der Waals surface area contributed by atoms with Gasteiger partial charge >= 0.3 is 0 Å². The molecule has 2 amide bonds. The lowest BCUT2D eigenvalue weighted by Gasteiger charge is -2.25. The Morgan fingerprint density at radius 3 is 2.64 bits per heavy atom. The lowest BCUT2D eigenvalue weighted by atomic mass is 10.1. The van der Waals surface area contributed by atoms with Crippen molar-refractivity contribution in [1.82, 2.24) is 14.5 Å². The minimum Gasteiger partial charge on any atom is -0.497 e. The fourth-order valence-electron chi connectivity index (χ4n) is 4.72. The van der Waals surface area contributed by atoms with Crippen LogP contribution in [-0.2, 0) is 9.53 Å². The van der Waals surface area contributed by atoms with Gasteiger partial charge in [-0.05, 0) is 55.7 Å². The van der Waals surface area contributed by atoms with Gasteiger partial charge in [0.2, 0.25) is 11.9 Å². The van der Waals surface area contributed by atoms with Gasteiger partial charge in [-0.25, -0.2) is 4.98 Å². The topological polar surface area (TPSA) is 85.7 Å². The van der Waals surface area contributed by atoms with Crippen molar-refractivity contribution >= 4 is 17.8 Å². The molecule has 0 unspecified atom stereocenters. The van der Waals surface area contributed by atoms with Gasteiger partial charge in [0.25, 0.3) is 5.91 Å². The summed E-state index contributed by atoms with van der Waals surface area (Å²) in [6.07, 6.45) is 3.59. The quantitative estimate of drug-likeness (QED) is 0.329. The molecule has 1 saturated heterocycles. The fourth-order valence-corrected chi connectivity index (χ4v) is 4.72. The van der Waals surface area contributed by atoms with E-state index in [1.54, 1.807) is 31.4 Å². The van der Waals surface area contributed by atoms with Crippen molar-refractivity contribution in [2.75, 3.05) is 32.1 Å². The first kappa shape index (κ1) is 26.2. The summed E-state index contributed by atoms with van der Waals surface area (Å²) in [4.78, 5) is 33.2. The van der Waals surface area contributed by atoms with Crippen LogP contribution in [0.2, 0.25) is 0 Å². The third-order valence-electron chi connectivity index (χ3n) is 6.69. The molecule has 0 aliphatic carbocycles. The first-order chi connectivity index (χ1) is 19.0. The molecular formula is C31H32N4O4. The number of aryl methyl sites for hydroxylation is 1. The molecule has 1 aliphatic rings. The number of hydrogen-bond acceptors (Lipinski definition) is 5. The number of methoxy groups -OCH3 is 1. The molecular weight excluding hydrogens is 492 g/mol. The summed E-state index contributed by atoms with van der Waals surface area (Å²) in [7, 11) is 1.56. The van der Waals surface area contributed by atoms with Crippen molar-refractivity contribution in [1.29, 1.82) is 0 Å². The smallest absolute Gasteiger partial charge is 0.254 e. The Morgan fingerprint density at radius 1 is 1.08 bits per heavy atom. The second kappa shape index (κ2) is 12.0. The summed E-state index contributed by atoms with van der Waals surface area (Å²) in [5, 5.41) is 2.96. The predicted molar refractivity (Wildman–Crippen MR) is 150 cm³/mol. The highest BCUT2D eigenvalue weighted by Crippen LogP contribution is 2.25. The number of benzene rings is 3. The Kier molecular flexibility index (Phi) is 8.03. The van der Waals surface area contributed by atoms with Crippen molar-refractivity contribution in [2.24, 2.45) is 0 Å². The lowest BCUT2D eigenvalue weighted by Crippen LogP contribution is -2.42. The van der Waals surface area contributed by atoms with Crippen molar-refractivity contribution < 1.29 is 19.1 Å². The zero-order valence-corrected chi connectivity index (χ0v) is 22.2. The van der Waals surface area contributed by atoms with E-state index in [1.807, 2.05) is 72.3 Å². The van der Waals surface area contributed by atoms with Crippen LogP contribution >= 0.6 is 0 Å². The molecule has 2 heterocycles. The zero-order valence-electron chi connectivity index (χ0n) is 22.2. The van der Waals surface area contributed by atoms with Gasteiger partial charge < -0.3 is 14.4 Å². The predicted octanol–water partition coefficient (Wildman–Crippen LogP) is 5.12. The van der Waals surface area contributed by atoms with E-state index in [-0.39, 0.29) is 24.5 Å². The molecule has 0 radical (unpaired) electrons. The third kappa shape index (κ3) is 6.35. The standard InChI is InChI=1S/C31H32N4O4/c1-22-9-6-13-25(17-22)35-20-28(23-10-4-3-5-11-23)32-31(35)33-29(36)21-34(19-27-15-8-16-39-27)30(37)24-12-7-14-26(18-24)38-2/h3-7,9-14,17-18,20,27H,8,15-16,19,21H2,1-2H3,(H,32,33,36)/t27-/m1/s1. The molecule has 1 atom stereocenters. The summed E-state index contributed by atoms with van der Waals surface area (Å²) in [5.74, 6) is 0.362. The molecule has 39 heavy (non-hydrogen) atoms. The van der Waals surface area contributed by atoms with Crippen LogP contribution in [0.4, 0.5) is 5.95 Å². The second-order valence-electron chi connectivity index (χ2n) is 9.63. The summed E-state index contributed by atoms with van der Waals surface area (Å²) < 4.78 is 12.9. The van der Waals surface area contributed by atoms with Gasteiger partial charge in [-0.15, -0.1) is 0 Å². The van der Waals surface area contributed by atoms with Gasteiger partial charge in [0.05, 0.1) is 18.9 Å². The number of aromatic nitrogens is 2. The molecule has 8 nitrogen and oxygen atoms in total. The maximum Gasteiger partial charge on any atom is 0.254 e. The zero-order chi connectivity index (χ0) is 27.2. The Hall–Kier alpha value is -4.43. The molecule has 4 aromatic rings. The molecule has 1 aliphatic heterocycles. The number of nitrogens with zero attached hydrogens (tertiary/aromatic N) is 3. The Labute approximate surface area is 228 Å². The Balaban J connectivity index is 1.41. The third-order valence-corrected chi connectivity index (χ3v) is 6.69. The average Bonchev–Trinajstić information content (AvgIpc) is 3.63. The van der Waals surface area contributed by atoms with E-state index in [1.165, 1.54) is 4.90 Å². The van der Waals surface area contributed by atoms with Gasteiger partial charge in [-0.2, -0.15) is 0 Å². The summed E-state index contributed by atoms with van der Waals surface area (Å²) in [5.41, 5.74) is 4.09. The number of nitrogens with one attached hydrogen (secondary N) is 1. The molecule has 1 fully saturated rings. The maximum atomic E-state index is 13.5. The van der Waals surface area contributed by atoms with Gasteiger partial charge in [0.1, 0.15) is 12.3 Å². The van der Waals surface area contributed by atoms with E-state index in [2.05, 4.69) is 5.32 Å². The number of anilines is 1. The minimum absolute atomic E-state index is 0.105. The van der Waals surface area contributed by atoms with E-state index >= 15 is 0 Å². The number of carbonyl (C=O) groups is 2. The van der Waals surface area contributed by atoms with Gasteiger partial charge in [0.15, 0.2) is 0 Å². The second-order valence-corrected chi connectivity index (χ2v) is 9.63. The van der Waals surface area contributed by atoms with E-state index in [4.69, 9.17) is 14.5 Å². The van der Waals surface area contributed by atoms with E-state index in [0.717, 1.165) is 35.3 Å². The normalized spacial score (nSPS) is 14.7. The largest absolute Gasteiger partial charge is 0.497 e. The van der Waals surface area contributed by atoms with Gasteiger partial charge in [-0.3, -0.25) is 19.5 Å². The number of imidazole rings is 1. The van der Waals surface area contributed by atoms with Crippen LogP contribution < -0.4 is 10.1 Å². The molecule has 5 rings (SSSR count). The Morgan fingerprint density at radius 2 is 1.90 bits per heavy atom. The van der Waals surface area contributed by atoms with Crippen LogP contribution in [-0.4, -0.2) is 59.2 Å². The Bertz CT molecular complexity index is 1440. The number of hydrogen-bond donors (Lipinski definition) is 1. The van der Waals surface area contributed by atoms with Crippen molar-refractivity contribution in [3.8, 4) is 22.7 Å². The molecule has 1 aromatic heterocycles. The highest BCUT2D eigenvalue weighted by molar-refractivity contribution is 5.99. The van der Waals surface area contributed by atoms with Crippen LogP contribution in [0.1, 0.15) is 28.8 Å². The number of carbonyl (C=O) groups excluding carboxylic acids is 2. The summed E-state index contributed by atoms with van der Waals surface area (Å²) in [6.45, 7) is 2.86. The summed E-state index contributed by atoms with van der Waals surface area (Å²) in [6, 6.07) is 24.7. The highest BCUT2D eigenvalue weighted by atomic mass is 16.5. The average molecular weight is 525 g/mol. The van der Waals surface area contributed by atoms with E-state index < -0.39 is 0 Å². The first-order valence-electron chi connectivity index (χ1n) is 13.1. The highest BCUT2D eigenvalue weighted by Gasteiger charge is 2.26. The van der Waals surface area contributed by atoms with Gasteiger partial charge in [0, 0.05) is 36.2 Å². The molecule has 0 bridgehead atoms. The molecule has 0 spiro atoms. The van der Waals surface area contributed by atoms with Crippen LogP contribution in [0.3, 0.4) is 0 Å². The molecule has 200 valence electrons. The molecule has 1 N–H and O–H groups in total. The number of rotatable bonds is 9. The monoisotopic (exact) mass is 524 g/mol. The van der Waals surface area contributed by atoms with Crippen molar-refractivity contribution in [2.45, 2.75) is 25.9 Å². The SMILES string of the molecule is COc1cccc(C(=O)N(CC(=O)Nc2nc(-c3ccccc3)cn2-c2cccc(C)c2)C[C@H]2CCCO2)c1. The van der Waals surface area contributed by atoms with Crippen LogP contribution in [0.5, 0.6) is 5.75 Å². The molecule has 0 saturated carbocycles. The van der Waals surface area contributed by atoms with Crippen molar-refractivity contribution in [3.05, 3.63) is 96.2 Å². The fraction of sp³-hybridized carbons (Fsp3) is 0.258. The lowest BCUT2D eigenvalue weighted by molar-refractivity contribution is -0.117.